The Morgan fingerprint density at radius 2 is 2.07 bits per heavy atom. The van der Waals surface area contributed by atoms with Crippen LogP contribution in [0.2, 0.25) is 0 Å². The fraction of sp³-hybridized carbons (Fsp3) is 0.444. The molecule has 0 unspecified atom stereocenters. The summed E-state index contributed by atoms with van der Waals surface area (Å²) in [6, 6.07) is 1.19. The summed E-state index contributed by atoms with van der Waals surface area (Å²) in [5.74, 6) is -0.766. The molecule has 0 bridgehead atoms. The van der Waals surface area contributed by atoms with Crippen LogP contribution in [0.4, 0.5) is 19.0 Å². The third kappa shape index (κ3) is 2.14. The van der Waals surface area contributed by atoms with Gasteiger partial charge >= 0.3 is 6.18 Å². The summed E-state index contributed by atoms with van der Waals surface area (Å²) < 4.78 is 42.9. The molecule has 2 N–H and O–H groups in total. The van der Waals surface area contributed by atoms with Crippen molar-refractivity contribution in [2.45, 2.75) is 25.1 Å². The van der Waals surface area contributed by atoms with Crippen LogP contribution in [-0.4, -0.2) is 11.1 Å². The number of nitrogen functional groups attached to an aromatic ring is 1. The minimum Gasteiger partial charge on any atom is -0.490 e. The first kappa shape index (κ1) is 10.1. The normalized spacial score (nSPS) is 16.5. The number of pyridine rings is 1. The molecular formula is C9H9F3N2O. The van der Waals surface area contributed by atoms with Gasteiger partial charge in [-0.25, -0.2) is 4.98 Å². The highest BCUT2D eigenvalue weighted by Gasteiger charge is 2.39. The number of halogens is 3. The van der Waals surface area contributed by atoms with Crippen LogP contribution in [0.1, 0.15) is 18.4 Å². The molecule has 1 aromatic heterocycles. The molecule has 6 heteroatoms. The number of hydrogen-bond donors (Lipinski definition) is 1. The Kier molecular flexibility index (Phi) is 2.21. The lowest BCUT2D eigenvalue weighted by Gasteiger charge is -2.14. The van der Waals surface area contributed by atoms with Crippen molar-refractivity contribution in [3.8, 4) is 5.75 Å². The number of nitrogens with zero attached hydrogens (tertiary/aromatic N) is 1. The van der Waals surface area contributed by atoms with Gasteiger partial charge in [-0.2, -0.15) is 13.2 Å². The van der Waals surface area contributed by atoms with Crippen molar-refractivity contribution in [1.82, 2.24) is 4.98 Å². The van der Waals surface area contributed by atoms with Crippen molar-refractivity contribution in [1.29, 1.82) is 0 Å². The predicted molar refractivity (Wildman–Crippen MR) is 47.3 cm³/mol. The maximum atomic E-state index is 12.6. The van der Waals surface area contributed by atoms with Crippen LogP contribution in [0.3, 0.4) is 0 Å². The first-order valence-corrected chi connectivity index (χ1v) is 4.47. The molecule has 15 heavy (non-hydrogen) atoms. The minimum atomic E-state index is -4.53. The van der Waals surface area contributed by atoms with Crippen LogP contribution >= 0.6 is 0 Å². The van der Waals surface area contributed by atoms with Crippen LogP contribution in [0, 0.1) is 0 Å². The molecule has 0 radical (unpaired) electrons. The van der Waals surface area contributed by atoms with Crippen LogP contribution < -0.4 is 10.5 Å². The van der Waals surface area contributed by atoms with Crippen LogP contribution in [-0.2, 0) is 6.18 Å². The lowest BCUT2D eigenvalue weighted by molar-refractivity contribution is -0.138. The molecule has 0 aliphatic heterocycles. The zero-order valence-electron chi connectivity index (χ0n) is 7.71. The maximum absolute atomic E-state index is 12.6. The second kappa shape index (κ2) is 3.29. The van der Waals surface area contributed by atoms with E-state index in [9.17, 15) is 13.2 Å². The number of aromatic nitrogens is 1. The van der Waals surface area contributed by atoms with Crippen molar-refractivity contribution >= 4 is 5.82 Å². The van der Waals surface area contributed by atoms with Gasteiger partial charge in [0, 0.05) is 6.20 Å². The molecule has 1 saturated carbocycles. The maximum Gasteiger partial charge on any atom is 0.423 e. The number of rotatable bonds is 2. The number of alkyl halides is 3. The van der Waals surface area contributed by atoms with Gasteiger partial charge in [0.25, 0.3) is 0 Å². The Bertz CT molecular complexity index is 374. The monoisotopic (exact) mass is 218 g/mol. The lowest BCUT2D eigenvalue weighted by Crippen LogP contribution is -2.13. The number of anilines is 1. The van der Waals surface area contributed by atoms with Crippen molar-refractivity contribution in [2.75, 3.05) is 5.73 Å². The van der Waals surface area contributed by atoms with Crippen molar-refractivity contribution in [3.05, 3.63) is 17.8 Å². The van der Waals surface area contributed by atoms with Crippen molar-refractivity contribution < 1.29 is 17.9 Å². The second-order valence-electron chi connectivity index (χ2n) is 3.38. The standard InChI is InChI=1S/C9H9F3N2O/c10-9(11,12)7-6(15-5-1-2-5)3-4-14-8(7)13/h3-5H,1-2H2,(H2,13,14). The van der Waals surface area contributed by atoms with E-state index in [0.29, 0.717) is 0 Å². The Labute approximate surface area is 84.1 Å². The van der Waals surface area contributed by atoms with E-state index in [4.69, 9.17) is 10.5 Å². The molecule has 1 aliphatic carbocycles. The molecule has 0 spiro atoms. The molecule has 0 aromatic carbocycles. The number of hydrogen-bond acceptors (Lipinski definition) is 3. The van der Waals surface area contributed by atoms with E-state index in [2.05, 4.69) is 4.98 Å². The number of nitrogens with two attached hydrogens (primary N) is 1. The predicted octanol–water partition coefficient (Wildman–Crippen LogP) is 2.22. The lowest BCUT2D eigenvalue weighted by atomic mass is 10.2. The average Bonchev–Trinajstić information content (AvgIpc) is 2.85. The Morgan fingerprint density at radius 1 is 1.40 bits per heavy atom. The first-order chi connectivity index (χ1) is 6.98. The Morgan fingerprint density at radius 3 is 2.60 bits per heavy atom. The van der Waals surface area contributed by atoms with E-state index in [1.807, 2.05) is 0 Å². The topological polar surface area (TPSA) is 48.1 Å². The third-order valence-corrected chi connectivity index (χ3v) is 2.04. The molecule has 0 atom stereocenters. The van der Waals surface area contributed by atoms with Gasteiger partial charge in [0.05, 0.1) is 6.10 Å². The smallest absolute Gasteiger partial charge is 0.423 e. The highest BCUT2D eigenvalue weighted by molar-refractivity contribution is 5.50. The molecule has 1 aliphatic rings. The summed E-state index contributed by atoms with van der Waals surface area (Å²) in [5, 5.41) is 0. The summed E-state index contributed by atoms with van der Waals surface area (Å²) in [4.78, 5) is 3.41. The van der Waals surface area contributed by atoms with Gasteiger partial charge in [-0.15, -0.1) is 0 Å². The van der Waals surface area contributed by atoms with Gasteiger partial charge < -0.3 is 10.5 Å². The SMILES string of the molecule is Nc1nccc(OC2CC2)c1C(F)(F)F. The minimum absolute atomic E-state index is 0.104. The average molecular weight is 218 g/mol. The third-order valence-electron chi connectivity index (χ3n) is 2.04. The van der Waals surface area contributed by atoms with Gasteiger partial charge in [0.1, 0.15) is 17.1 Å². The van der Waals surface area contributed by atoms with Gasteiger partial charge in [0.2, 0.25) is 0 Å². The van der Waals surface area contributed by atoms with Crippen LogP contribution in [0.5, 0.6) is 5.75 Å². The molecule has 1 fully saturated rings. The summed E-state index contributed by atoms with van der Waals surface area (Å²) in [6.45, 7) is 0. The molecule has 0 saturated heterocycles. The Hall–Kier alpha value is -1.46. The fourth-order valence-corrected chi connectivity index (χ4v) is 1.21. The molecule has 2 rings (SSSR count). The zero-order chi connectivity index (χ0) is 11.1. The van der Waals surface area contributed by atoms with Crippen molar-refractivity contribution in [2.24, 2.45) is 0 Å². The van der Waals surface area contributed by atoms with Crippen molar-refractivity contribution in [3.63, 3.8) is 0 Å². The summed E-state index contributed by atoms with van der Waals surface area (Å²) >= 11 is 0. The molecule has 0 amide bonds. The molecule has 82 valence electrons. The molecule has 1 heterocycles. The van der Waals surface area contributed by atoms with E-state index in [0.717, 1.165) is 12.8 Å². The van der Waals surface area contributed by atoms with Gasteiger partial charge in [0.15, 0.2) is 0 Å². The van der Waals surface area contributed by atoms with E-state index < -0.39 is 17.6 Å². The second-order valence-corrected chi connectivity index (χ2v) is 3.38. The molecular weight excluding hydrogens is 209 g/mol. The first-order valence-electron chi connectivity index (χ1n) is 4.47. The summed E-state index contributed by atoms with van der Waals surface area (Å²) in [6.07, 6.45) is -1.84. The zero-order valence-corrected chi connectivity index (χ0v) is 7.71. The largest absolute Gasteiger partial charge is 0.490 e. The van der Waals surface area contributed by atoms with Gasteiger partial charge in [-0.1, -0.05) is 0 Å². The van der Waals surface area contributed by atoms with E-state index in [1.54, 1.807) is 0 Å². The van der Waals surface area contributed by atoms with E-state index in [1.165, 1.54) is 12.3 Å². The van der Waals surface area contributed by atoms with Gasteiger partial charge in [-0.05, 0) is 18.9 Å². The molecule has 1 aromatic rings. The van der Waals surface area contributed by atoms with Crippen LogP contribution in [0.15, 0.2) is 12.3 Å². The van der Waals surface area contributed by atoms with Crippen LogP contribution in [0.25, 0.3) is 0 Å². The summed E-state index contributed by atoms with van der Waals surface area (Å²) in [5.41, 5.74) is 4.22. The highest BCUT2D eigenvalue weighted by atomic mass is 19.4. The van der Waals surface area contributed by atoms with E-state index in [-0.39, 0.29) is 11.9 Å². The fourth-order valence-electron chi connectivity index (χ4n) is 1.21. The van der Waals surface area contributed by atoms with Gasteiger partial charge in [-0.3, -0.25) is 0 Å². The number of ether oxygens (including phenoxy) is 1. The Balaban J connectivity index is 2.38. The molecule has 3 nitrogen and oxygen atoms in total. The summed E-state index contributed by atoms with van der Waals surface area (Å²) in [7, 11) is 0. The highest BCUT2D eigenvalue weighted by Crippen LogP contribution is 2.41. The van der Waals surface area contributed by atoms with E-state index >= 15 is 0 Å². The quantitative estimate of drug-likeness (QED) is 0.827.